The van der Waals surface area contributed by atoms with Gasteiger partial charge in [-0.1, -0.05) is 46.5 Å². The summed E-state index contributed by atoms with van der Waals surface area (Å²) in [4.78, 5) is 16.3. The van der Waals surface area contributed by atoms with Crippen molar-refractivity contribution in [1.82, 2.24) is 4.57 Å². The number of hydrogen-bond donors (Lipinski definition) is 0. The number of fused-ring (bicyclic) bond motifs is 1. The normalized spacial score (nSPS) is 11.7. The molecule has 1 aromatic heterocycles. The van der Waals surface area contributed by atoms with Crippen LogP contribution in [0.4, 0.5) is 8.78 Å². The van der Waals surface area contributed by atoms with Crippen LogP contribution in [-0.4, -0.2) is 10.5 Å². The van der Waals surface area contributed by atoms with Gasteiger partial charge < -0.3 is 4.57 Å². The molecule has 0 N–H and O–H groups in total. The van der Waals surface area contributed by atoms with Crippen LogP contribution >= 0.6 is 34.5 Å². The first-order chi connectivity index (χ1) is 11.9. The van der Waals surface area contributed by atoms with Crippen LogP contribution in [0, 0.1) is 24.0 Å². The monoisotopic (exact) mass is 396 g/mol. The van der Waals surface area contributed by atoms with Crippen molar-refractivity contribution in [2.24, 2.45) is 4.99 Å². The van der Waals surface area contributed by atoms with E-state index in [2.05, 4.69) is 10.9 Å². The van der Waals surface area contributed by atoms with Crippen LogP contribution in [0.1, 0.15) is 10.4 Å². The fraction of sp³-hybridized carbons (Fsp3) is 0.0588. The molecule has 0 aliphatic heterocycles. The van der Waals surface area contributed by atoms with E-state index in [1.807, 2.05) is 0 Å². The highest BCUT2D eigenvalue weighted by Gasteiger charge is 2.18. The maximum atomic E-state index is 13.8. The Hall–Kier alpha value is -2.20. The molecule has 0 unspecified atom stereocenters. The van der Waals surface area contributed by atoms with Gasteiger partial charge in [-0.2, -0.15) is 4.99 Å². The first-order valence-electron chi connectivity index (χ1n) is 6.87. The van der Waals surface area contributed by atoms with Crippen molar-refractivity contribution in [3.05, 3.63) is 62.4 Å². The first kappa shape index (κ1) is 17.6. The standard InChI is InChI=1S/C17H8Cl2F2N2OS/c1-2-6-23-15-10(19)7-9(18)8-13(15)25-17(23)22-16(24)14-11(20)4-3-5-12(14)21/h1,3-5,7-8H,6H2. The van der Waals surface area contributed by atoms with E-state index < -0.39 is 23.1 Å². The number of amides is 1. The molecule has 0 spiro atoms. The van der Waals surface area contributed by atoms with Crippen molar-refractivity contribution in [2.45, 2.75) is 6.54 Å². The Labute approximate surface area is 155 Å². The number of rotatable bonds is 2. The number of benzene rings is 2. The van der Waals surface area contributed by atoms with E-state index in [0.717, 1.165) is 23.5 Å². The molecular formula is C17H8Cl2F2N2OS. The van der Waals surface area contributed by atoms with Crippen molar-refractivity contribution >= 4 is 50.7 Å². The van der Waals surface area contributed by atoms with Crippen LogP contribution in [0.25, 0.3) is 10.2 Å². The van der Waals surface area contributed by atoms with Crippen molar-refractivity contribution in [3.63, 3.8) is 0 Å². The summed E-state index contributed by atoms with van der Waals surface area (Å²) in [6, 6.07) is 6.33. The van der Waals surface area contributed by atoms with Gasteiger partial charge in [0.1, 0.15) is 17.2 Å². The van der Waals surface area contributed by atoms with Crippen LogP contribution in [0.2, 0.25) is 10.0 Å². The zero-order chi connectivity index (χ0) is 18.1. The second kappa shape index (κ2) is 6.96. The Balaban J connectivity index is 2.26. The van der Waals surface area contributed by atoms with Crippen molar-refractivity contribution in [1.29, 1.82) is 0 Å². The molecule has 3 rings (SSSR count). The molecule has 0 atom stereocenters. The zero-order valence-electron chi connectivity index (χ0n) is 12.4. The van der Waals surface area contributed by atoms with E-state index in [0.29, 0.717) is 20.3 Å². The second-order valence-electron chi connectivity index (χ2n) is 4.92. The van der Waals surface area contributed by atoms with Crippen molar-refractivity contribution in [2.75, 3.05) is 0 Å². The van der Waals surface area contributed by atoms with Gasteiger partial charge in [-0.05, 0) is 24.3 Å². The van der Waals surface area contributed by atoms with Crippen LogP contribution in [0.5, 0.6) is 0 Å². The van der Waals surface area contributed by atoms with Gasteiger partial charge in [0, 0.05) is 5.02 Å². The van der Waals surface area contributed by atoms with Crippen LogP contribution < -0.4 is 4.80 Å². The Kier molecular flexibility index (Phi) is 4.91. The summed E-state index contributed by atoms with van der Waals surface area (Å²) in [7, 11) is 0. The molecule has 3 nitrogen and oxygen atoms in total. The smallest absolute Gasteiger partial charge is 0.285 e. The van der Waals surface area contributed by atoms with Gasteiger partial charge in [0.25, 0.3) is 5.91 Å². The summed E-state index contributed by atoms with van der Waals surface area (Å²) >= 11 is 13.3. The number of carbonyl (C=O) groups is 1. The number of thiazole rings is 1. The van der Waals surface area contributed by atoms with E-state index in [4.69, 9.17) is 29.6 Å². The maximum Gasteiger partial charge on any atom is 0.285 e. The fourth-order valence-electron chi connectivity index (χ4n) is 2.30. The zero-order valence-corrected chi connectivity index (χ0v) is 14.7. The molecular weight excluding hydrogens is 389 g/mol. The number of hydrogen-bond acceptors (Lipinski definition) is 2. The van der Waals surface area contributed by atoms with Crippen molar-refractivity contribution < 1.29 is 13.6 Å². The SMILES string of the molecule is C#CCn1c(=NC(=O)c2c(F)cccc2F)sc2cc(Cl)cc(Cl)c21. The molecule has 0 saturated carbocycles. The summed E-state index contributed by atoms with van der Waals surface area (Å²) in [5.74, 6) is -0.581. The average Bonchev–Trinajstić information content (AvgIpc) is 2.85. The fourth-order valence-corrected chi connectivity index (χ4v) is 4.11. The highest BCUT2D eigenvalue weighted by atomic mass is 35.5. The van der Waals surface area contributed by atoms with Gasteiger partial charge in [0.2, 0.25) is 0 Å². The van der Waals surface area contributed by atoms with E-state index in [-0.39, 0.29) is 11.3 Å². The second-order valence-corrected chi connectivity index (χ2v) is 6.78. The Morgan fingerprint density at radius 1 is 1.28 bits per heavy atom. The third-order valence-corrected chi connectivity index (χ3v) is 4.85. The number of aromatic nitrogens is 1. The van der Waals surface area contributed by atoms with Crippen LogP contribution in [-0.2, 0) is 6.54 Å². The predicted molar refractivity (Wildman–Crippen MR) is 94.9 cm³/mol. The Morgan fingerprint density at radius 3 is 2.60 bits per heavy atom. The van der Waals surface area contributed by atoms with Gasteiger partial charge in [-0.3, -0.25) is 4.79 Å². The largest absolute Gasteiger partial charge is 0.303 e. The molecule has 0 aliphatic carbocycles. The maximum absolute atomic E-state index is 13.8. The molecule has 25 heavy (non-hydrogen) atoms. The molecule has 0 saturated heterocycles. The third kappa shape index (κ3) is 3.31. The summed E-state index contributed by atoms with van der Waals surface area (Å²) in [5, 5.41) is 0.740. The quantitative estimate of drug-likeness (QED) is 0.579. The highest BCUT2D eigenvalue weighted by Crippen LogP contribution is 2.29. The Bertz CT molecular complexity index is 1090. The molecule has 1 amide bonds. The van der Waals surface area contributed by atoms with E-state index >= 15 is 0 Å². The lowest BCUT2D eigenvalue weighted by molar-refractivity contribution is 0.0990. The minimum Gasteiger partial charge on any atom is -0.303 e. The number of halogens is 4. The lowest BCUT2D eigenvalue weighted by Crippen LogP contribution is -2.17. The molecule has 126 valence electrons. The van der Waals surface area contributed by atoms with Gasteiger partial charge >= 0.3 is 0 Å². The molecule has 3 aromatic rings. The summed E-state index contributed by atoms with van der Waals surface area (Å²) in [6.07, 6.45) is 5.37. The molecule has 8 heteroatoms. The van der Waals surface area contributed by atoms with Crippen molar-refractivity contribution in [3.8, 4) is 12.3 Å². The summed E-state index contributed by atoms with van der Waals surface area (Å²) < 4.78 is 29.7. The van der Waals surface area contributed by atoms with E-state index in [1.165, 1.54) is 16.7 Å². The molecule has 1 heterocycles. The highest BCUT2D eigenvalue weighted by molar-refractivity contribution is 7.16. The van der Waals surface area contributed by atoms with Gasteiger partial charge in [-0.15, -0.1) is 6.42 Å². The number of terminal acetylenes is 1. The molecule has 0 aliphatic rings. The van der Waals surface area contributed by atoms with E-state index in [1.54, 1.807) is 6.07 Å². The lowest BCUT2D eigenvalue weighted by Gasteiger charge is -2.03. The third-order valence-electron chi connectivity index (χ3n) is 3.32. The van der Waals surface area contributed by atoms with E-state index in [9.17, 15) is 13.6 Å². The lowest BCUT2D eigenvalue weighted by atomic mass is 10.2. The minimum atomic E-state index is -1.05. The molecule has 0 radical (unpaired) electrons. The molecule has 2 aromatic carbocycles. The number of carbonyl (C=O) groups excluding carboxylic acids is 1. The predicted octanol–water partition coefficient (Wildman–Crippen LogP) is 4.66. The minimum absolute atomic E-state index is 0.0766. The summed E-state index contributed by atoms with van der Waals surface area (Å²) in [5.41, 5.74) is -0.175. The van der Waals surface area contributed by atoms with Gasteiger partial charge in [0.15, 0.2) is 4.80 Å². The topological polar surface area (TPSA) is 34.4 Å². The number of nitrogens with zero attached hydrogens (tertiary/aromatic N) is 2. The van der Waals surface area contributed by atoms with Gasteiger partial charge in [0.05, 0.1) is 21.8 Å². The average molecular weight is 397 g/mol. The van der Waals surface area contributed by atoms with Gasteiger partial charge in [-0.25, -0.2) is 8.78 Å². The molecule has 0 fully saturated rings. The van der Waals surface area contributed by atoms with Crippen LogP contribution in [0.3, 0.4) is 0 Å². The summed E-state index contributed by atoms with van der Waals surface area (Å²) in [6.45, 7) is 0.0766. The van der Waals surface area contributed by atoms with Crippen LogP contribution in [0.15, 0.2) is 35.3 Å². The Morgan fingerprint density at radius 2 is 1.96 bits per heavy atom. The first-order valence-corrected chi connectivity index (χ1v) is 8.44. The molecule has 0 bridgehead atoms.